The molecule has 2 amide bonds. The van der Waals surface area contributed by atoms with Crippen molar-refractivity contribution in [2.45, 2.75) is 13.3 Å². The smallest absolute Gasteiger partial charge is 0.282 e. The Labute approximate surface area is 177 Å². The normalized spacial score (nSPS) is 13.9. The number of thiophene rings is 1. The summed E-state index contributed by atoms with van der Waals surface area (Å²) in [4.78, 5) is 28.2. The summed E-state index contributed by atoms with van der Waals surface area (Å²) in [5, 5.41) is 4.95. The molecule has 0 spiro atoms. The molecule has 1 aliphatic heterocycles. The summed E-state index contributed by atoms with van der Waals surface area (Å²) in [5.74, 6) is -0.705. The number of halogens is 1. The number of nitrogens with one attached hydrogen (secondary N) is 1. The van der Waals surface area contributed by atoms with Gasteiger partial charge in [0.05, 0.1) is 17.9 Å². The average molecular weight is 422 g/mol. The van der Waals surface area contributed by atoms with Gasteiger partial charge in [0.25, 0.3) is 11.8 Å². The monoisotopic (exact) mass is 422 g/mol. The lowest BCUT2D eigenvalue weighted by atomic mass is 10.2. The van der Waals surface area contributed by atoms with Gasteiger partial charge in [-0.05, 0) is 54.3 Å². The Kier molecular flexibility index (Phi) is 5.63. The molecule has 0 radical (unpaired) electrons. The lowest BCUT2D eigenvalue weighted by molar-refractivity contribution is -0.120. The van der Waals surface area contributed by atoms with E-state index >= 15 is 0 Å². The van der Waals surface area contributed by atoms with Crippen LogP contribution in [0.5, 0.6) is 5.75 Å². The number of ether oxygens (including phenoxy) is 1. The fourth-order valence-corrected chi connectivity index (χ4v) is 3.92. The van der Waals surface area contributed by atoms with Crippen molar-refractivity contribution in [1.82, 2.24) is 0 Å². The maximum atomic E-state index is 13.3. The van der Waals surface area contributed by atoms with E-state index in [1.165, 1.54) is 35.6 Å². The van der Waals surface area contributed by atoms with E-state index in [9.17, 15) is 14.0 Å². The molecule has 1 aromatic heterocycles. The second-order valence-electron chi connectivity index (χ2n) is 6.65. The molecule has 7 heteroatoms. The minimum absolute atomic E-state index is 0.180. The third-order valence-corrected chi connectivity index (χ3v) is 5.40. The number of benzene rings is 2. The van der Waals surface area contributed by atoms with E-state index in [0.717, 1.165) is 11.3 Å². The fraction of sp³-hybridized carbons (Fsp3) is 0.130. The Bertz CT molecular complexity index is 1110. The molecule has 0 atom stereocenters. The molecule has 152 valence electrons. The van der Waals surface area contributed by atoms with Crippen LogP contribution in [0.15, 0.2) is 71.7 Å². The van der Waals surface area contributed by atoms with E-state index < -0.39 is 17.6 Å². The van der Waals surface area contributed by atoms with Crippen LogP contribution in [0.3, 0.4) is 0 Å². The molecule has 0 bridgehead atoms. The Balaban J connectivity index is 1.72. The minimum Gasteiger partial charge on any atom is -0.494 e. The number of nitrogens with zero attached hydrogens (tertiary/aromatic N) is 1. The highest BCUT2D eigenvalue weighted by Crippen LogP contribution is 2.35. The molecule has 2 aromatic carbocycles. The average Bonchev–Trinajstić information content (AvgIpc) is 3.35. The summed E-state index contributed by atoms with van der Waals surface area (Å²) >= 11 is 1.37. The van der Waals surface area contributed by atoms with Gasteiger partial charge < -0.3 is 10.1 Å². The first kappa shape index (κ1) is 19.8. The highest BCUT2D eigenvalue weighted by Gasteiger charge is 2.40. The predicted molar refractivity (Wildman–Crippen MR) is 116 cm³/mol. The highest BCUT2D eigenvalue weighted by molar-refractivity contribution is 7.11. The predicted octanol–water partition coefficient (Wildman–Crippen LogP) is 5.07. The first-order chi connectivity index (χ1) is 14.6. The molecule has 4 rings (SSSR count). The molecular formula is C23H19FN2O3S. The standard InChI is InChI=1S/C23H19FN2O3S/c1-2-12-29-18-6-3-5-16(14-18)25-21-20(19-7-4-13-30-19)22(27)26(23(21)28)17-10-8-15(24)9-11-17/h3-11,13-14,25H,2,12H2,1H3. The van der Waals surface area contributed by atoms with Crippen molar-refractivity contribution in [3.63, 3.8) is 0 Å². The van der Waals surface area contributed by atoms with Gasteiger partial charge in [-0.1, -0.05) is 19.1 Å². The van der Waals surface area contributed by atoms with Gasteiger partial charge in [-0.15, -0.1) is 11.3 Å². The zero-order chi connectivity index (χ0) is 21.1. The summed E-state index contributed by atoms with van der Waals surface area (Å²) in [7, 11) is 0. The largest absolute Gasteiger partial charge is 0.494 e. The number of imide groups is 1. The second-order valence-corrected chi connectivity index (χ2v) is 7.60. The van der Waals surface area contributed by atoms with Gasteiger partial charge in [0.2, 0.25) is 0 Å². The zero-order valence-corrected chi connectivity index (χ0v) is 17.0. The van der Waals surface area contributed by atoms with Crippen LogP contribution >= 0.6 is 11.3 Å². The SMILES string of the molecule is CCCOc1cccc(NC2=C(c3cccs3)C(=O)N(c3ccc(F)cc3)C2=O)c1. The van der Waals surface area contributed by atoms with Crippen molar-refractivity contribution in [2.24, 2.45) is 0 Å². The van der Waals surface area contributed by atoms with Crippen molar-refractivity contribution in [3.8, 4) is 5.75 Å². The highest BCUT2D eigenvalue weighted by atomic mass is 32.1. The van der Waals surface area contributed by atoms with Gasteiger partial charge >= 0.3 is 0 Å². The third-order valence-electron chi connectivity index (χ3n) is 4.51. The summed E-state index contributed by atoms with van der Waals surface area (Å²) < 4.78 is 19.0. The van der Waals surface area contributed by atoms with Crippen LogP contribution in [0.1, 0.15) is 18.2 Å². The topological polar surface area (TPSA) is 58.6 Å². The summed E-state index contributed by atoms with van der Waals surface area (Å²) in [6.07, 6.45) is 0.880. The number of hydrogen-bond donors (Lipinski definition) is 1. The van der Waals surface area contributed by atoms with Crippen LogP contribution in [0.25, 0.3) is 5.57 Å². The molecule has 2 heterocycles. The molecule has 30 heavy (non-hydrogen) atoms. The minimum atomic E-state index is -0.491. The quantitative estimate of drug-likeness (QED) is 0.540. The van der Waals surface area contributed by atoms with Crippen molar-refractivity contribution in [2.75, 3.05) is 16.8 Å². The molecule has 0 saturated heterocycles. The fourth-order valence-electron chi connectivity index (χ4n) is 3.15. The molecule has 0 unspecified atom stereocenters. The number of rotatable bonds is 7. The Hall–Kier alpha value is -3.45. The van der Waals surface area contributed by atoms with Gasteiger partial charge in [-0.2, -0.15) is 0 Å². The molecule has 0 aliphatic carbocycles. The van der Waals surface area contributed by atoms with Crippen LogP contribution in [0.2, 0.25) is 0 Å². The molecule has 1 N–H and O–H groups in total. The lowest BCUT2D eigenvalue weighted by Gasteiger charge is -2.15. The maximum Gasteiger partial charge on any atom is 0.282 e. The Morgan fingerprint density at radius 2 is 1.83 bits per heavy atom. The first-order valence-corrected chi connectivity index (χ1v) is 10.4. The van der Waals surface area contributed by atoms with Gasteiger partial charge in [0, 0.05) is 16.6 Å². The van der Waals surface area contributed by atoms with E-state index in [1.54, 1.807) is 18.2 Å². The number of anilines is 2. The van der Waals surface area contributed by atoms with Crippen LogP contribution in [0, 0.1) is 5.82 Å². The van der Waals surface area contributed by atoms with Crippen molar-refractivity contribution < 1.29 is 18.7 Å². The number of carbonyl (C=O) groups is 2. The van der Waals surface area contributed by atoms with Crippen LogP contribution in [0.4, 0.5) is 15.8 Å². The first-order valence-electron chi connectivity index (χ1n) is 9.51. The van der Waals surface area contributed by atoms with Crippen LogP contribution in [-0.2, 0) is 9.59 Å². The second kappa shape index (κ2) is 8.51. The van der Waals surface area contributed by atoms with E-state index in [1.807, 2.05) is 30.5 Å². The number of carbonyl (C=O) groups excluding carboxylic acids is 2. The molecule has 3 aromatic rings. The summed E-state index contributed by atoms with van der Waals surface area (Å²) in [6.45, 7) is 2.61. The van der Waals surface area contributed by atoms with E-state index in [0.29, 0.717) is 34.2 Å². The van der Waals surface area contributed by atoms with Gasteiger partial charge in [0.1, 0.15) is 17.3 Å². The van der Waals surface area contributed by atoms with Crippen molar-refractivity contribution in [3.05, 3.63) is 82.4 Å². The van der Waals surface area contributed by atoms with Gasteiger partial charge in [-0.25, -0.2) is 9.29 Å². The molecule has 1 aliphatic rings. The molecule has 0 fully saturated rings. The van der Waals surface area contributed by atoms with Crippen molar-refractivity contribution in [1.29, 1.82) is 0 Å². The Morgan fingerprint density at radius 1 is 1.03 bits per heavy atom. The summed E-state index contributed by atoms with van der Waals surface area (Å²) in [5.41, 5.74) is 1.42. The maximum absolute atomic E-state index is 13.3. The third kappa shape index (κ3) is 3.84. The molecule has 0 saturated carbocycles. The van der Waals surface area contributed by atoms with E-state index in [-0.39, 0.29) is 5.70 Å². The van der Waals surface area contributed by atoms with Gasteiger partial charge in [0.15, 0.2) is 0 Å². The van der Waals surface area contributed by atoms with Crippen LogP contribution < -0.4 is 15.0 Å². The van der Waals surface area contributed by atoms with Gasteiger partial charge in [-0.3, -0.25) is 9.59 Å². The Morgan fingerprint density at radius 3 is 2.53 bits per heavy atom. The van der Waals surface area contributed by atoms with Crippen LogP contribution in [-0.4, -0.2) is 18.4 Å². The van der Waals surface area contributed by atoms with E-state index in [4.69, 9.17) is 4.74 Å². The molecular weight excluding hydrogens is 403 g/mol. The summed E-state index contributed by atoms with van der Waals surface area (Å²) in [6, 6.07) is 16.1. The zero-order valence-electron chi connectivity index (χ0n) is 16.2. The van der Waals surface area contributed by atoms with E-state index in [2.05, 4.69) is 5.32 Å². The number of hydrogen-bond acceptors (Lipinski definition) is 5. The lowest BCUT2D eigenvalue weighted by Crippen LogP contribution is -2.32. The molecule has 5 nitrogen and oxygen atoms in total. The van der Waals surface area contributed by atoms with Crippen molar-refractivity contribution >= 4 is 40.1 Å². The number of amides is 2.